The molecule has 2 aromatic carbocycles. The third-order valence-electron chi connectivity index (χ3n) is 4.07. The van der Waals surface area contributed by atoms with Crippen molar-refractivity contribution in [3.8, 4) is 11.4 Å². The normalized spacial score (nSPS) is 11.6. The molecule has 0 saturated heterocycles. The highest BCUT2D eigenvalue weighted by atomic mass is 19.4. The van der Waals surface area contributed by atoms with Gasteiger partial charge in [0, 0.05) is 11.3 Å². The quantitative estimate of drug-likeness (QED) is 0.712. The van der Waals surface area contributed by atoms with Gasteiger partial charge in [0.2, 0.25) is 11.7 Å². The number of nitrogens with one attached hydrogen (secondary N) is 1. The lowest BCUT2D eigenvalue weighted by molar-refractivity contribution is -0.137. The molecule has 28 heavy (non-hydrogen) atoms. The van der Waals surface area contributed by atoms with Gasteiger partial charge < -0.3 is 5.32 Å². The van der Waals surface area contributed by atoms with Crippen LogP contribution in [0.15, 0.2) is 48.5 Å². The summed E-state index contributed by atoms with van der Waals surface area (Å²) in [6, 6.07) is 11.9. The smallest absolute Gasteiger partial charge is 0.324 e. The standard InChI is InChI=1S/C19H18F3N5O/c1-12(2)13-3-5-14(6-4-13)18-24-26-27(25-18)11-17(28)23-16-9-7-15(8-10-16)19(20,21)22/h3-10,12H,11H2,1-2H3,(H,23,28). The van der Waals surface area contributed by atoms with Gasteiger partial charge in [-0.15, -0.1) is 10.2 Å². The third kappa shape index (κ3) is 4.73. The van der Waals surface area contributed by atoms with Crippen molar-refractivity contribution in [1.29, 1.82) is 0 Å². The molecule has 0 fully saturated rings. The monoisotopic (exact) mass is 389 g/mol. The molecule has 1 N–H and O–H groups in total. The molecular formula is C19H18F3N5O. The first-order valence-corrected chi connectivity index (χ1v) is 8.57. The molecule has 0 unspecified atom stereocenters. The second-order valence-electron chi connectivity index (χ2n) is 6.54. The second kappa shape index (κ2) is 7.79. The van der Waals surface area contributed by atoms with Crippen LogP contribution >= 0.6 is 0 Å². The number of carbonyl (C=O) groups is 1. The molecule has 1 aromatic heterocycles. The highest BCUT2D eigenvalue weighted by Crippen LogP contribution is 2.29. The minimum Gasteiger partial charge on any atom is -0.324 e. The first kappa shape index (κ1) is 19.5. The van der Waals surface area contributed by atoms with Gasteiger partial charge in [-0.05, 0) is 41.0 Å². The Balaban J connectivity index is 1.62. The summed E-state index contributed by atoms with van der Waals surface area (Å²) in [6.07, 6.45) is -4.42. The van der Waals surface area contributed by atoms with Crippen molar-refractivity contribution in [1.82, 2.24) is 20.2 Å². The number of aromatic nitrogens is 4. The predicted octanol–water partition coefficient (Wildman–Crippen LogP) is 4.12. The molecule has 1 heterocycles. The molecule has 0 aliphatic rings. The first-order chi connectivity index (χ1) is 13.2. The molecule has 146 valence electrons. The summed E-state index contributed by atoms with van der Waals surface area (Å²) in [5.41, 5.74) is 1.44. The molecule has 0 atom stereocenters. The number of amides is 1. The number of rotatable bonds is 5. The summed E-state index contributed by atoms with van der Waals surface area (Å²) in [4.78, 5) is 13.2. The van der Waals surface area contributed by atoms with Gasteiger partial charge in [-0.2, -0.15) is 18.0 Å². The third-order valence-corrected chi connectivity index (χ3v) is 4.07. The Morgan fingerprint density at radius 1 is 1.07 bits per heavy atom. The Kier molecular flexibility index (Phi) is 5.43. The molecule has 1 amide bonds. The fraction of sp³-hybridized carbons (Fsp3) is 0.263. The number of hydrogen-bond acceptors (Lipinski definition) is 4. The highest BCUT2D eigenvalue weighted by molar-refractivity contribution is 5.90. The van der Waals surface area contributed by atoms with Crippen LogP contribution in [0.5, 0.6) is 0 Å². The van der Waals surface area contributed by atoms with E-state index in [1.54, 1.807) is 0 Å². The Labute approximate surface area is 159 Å². The van der Waals surface area contributed by atoms with Gasteiger partial charge in [0.1, 0.15) is 6.54 Å². The molecule has 0 aliphatic carbocycles. The maximum Gasteiger partial charge on any atom is 0.416 e. The number of hydrogen-bond donors (Lipinski definition) is 1. The van der Waals surface area contributed by atoms with Gasteiger partial charge in [0.25, 0.3) is 0 Å². The largest absolute Gasteiger partial charge is 0.416 e. The number of halogens is 3. The number of tetrazole rings is 1. The number of anilines is 1. The maximum absolute atomic E-state index is 12.6. The molecule has 0 radical (unpaired) electrons. The van der Waals surface area contributed by atoms with Crippen molar-refractivity contribution >= 4 is 11.6 Å². The fourth-order valence-electron chi connectivity index (χ4n) is 2.51. The Hall–Kier alpha value is -3.23. The van der Waals surface area contributed by atoms with Gasteiger partial charge in [-0.1, -0.05) is 38.1 Å². The van der Waals surface area contributed by atoms with Crippen molar-refractivity contribution in [2.45, 2.75) is 32.5 Å². The molecule has 0 saturated carbocycles. The van der Waals surface area contributed by atoms with E-state index in [9.17, 15) is 18.0 Å². The predicted molar refractivity (Wildman–Crippen MR) is 97.4 cm³/mol. The Bertz CT molecular complexity index is 947. The van der Waals surface area contributed by atoms with E-state index >= 15 is 0 Å². The van der Waals surface area contributed by atoms with E-state index in [2.05, 4.69) is 34.6 Å². The van der Waals surface area contributed by atoms with Gasteiger partial charge in [0.15, 0.2) is 0 Å². The Morgan fingerprint density at radius 2 is 1.71 bits per heavy atom. The van der Waals surface area contributed by atoms with E-state index in [1.165, 1.54) is 17.7 Å². The Morgan fingerprint density at radius 3 is 2.29 bits per heavy atom. The highest BCUT2D eigenvalue weighted by Gasteiger charge is 2.30. The molecule has 3 aromatic rings. The SMILES string of the molecule is CC(C)c1ccc(-c2nnn(CC(=O)Nc3ccc(C(F)(F)F)cc3)n2)cc1. The van der Waals surface area contributed by atoms with E-state index in [1.807, 2.05) is 24.3 Å². The zero-order valence-corrected chi connectivity index (χ0v) is 15.2. The number of alkyl halides is 3. The van der Waals surface area contributed by atoms with Crippen LogP contribution < -0.4 is 5.32 Å². The lowest BCUT2D eigenvalue weighted by atomic mass is 10.0. The summed E-state index contributed by atoms with van der Waals surface area (Å²) in [6.45, 7) is 3.98. The van der Waals surface area contributed by atoms with Gasteiger partial charge in [-0.3, -0.25) is 4.79 Å². The molecule has 0 spiro atoms. The van der Waals surface area contributed by atoms with Crippen LogP contribution in [0.1, 0.15) is 30.9 Å². The molecule has 6 nitrogen and oxygen atoms in total. The zero-order chi connectivity index (χ0) is 20.3. The molecule has 0 aliphatic heterocycles. The van der Waals surface area contributed by atoms with Crippen LogP contribution in [-0.4, -0.2) is 26.1 Å². The van der Waals surface area contributed by atoms with E-state index in [4.69, 9.17) is 0 Å². The van der Waals surface area contributed by atoms with Crippen molar-refractivity contribution in [2.75, 3.05) is 5.32 Å². The van der Waals surface area contributed by atoms with Crippen LogP contribution in [-0.2, 0) is 17.5 Å². The van der Waals surface area contributed by atoms with Crippen molar-refractivity contribution in [3.63, 3.8) is 0 Å². The summed E-state index contributed by atoms with van der Waals surface area (Å²) in [5.74, 6) is 0.322. The number of nitrogens with zero attached hydrogens (tertiary/aromatic N) is 4. The van der Waals surface area contributed by atoms with Gasteiger partial charge in [-0.25, -0.2) is 0 Å². The minimum absolute atomic E-state index is 0.210. The summed E-state index contributed by atoms with van der Waals surface area (Å²) < 4.78 is 37.7. The average Bonchev–Trinajstić information content (AvgIpc) is 3.09. The van der Waals surface area contributed by atoms with Crippen LogP contribution in [0.3, 0.4) is 0 Å². The summed E-state index contributed by atoms with van der Waals surface area (Å²) in [7, 11) is 0. The molecule has 0 bridgehead atoms. The van der Waals surface area contributed by atoms with Crippen LogP contribution in [0.25, 0.3) is 11.4 Å². The van der Waals surface area contributed by atoms with Crippen LogP contribution in [0, 0.1) is 0 Å². The van der Waals surface area contributed by atoms with Crippen LogP contribution in [0.4, 0.5) is 18.9 Å². The summed E-state index contributed by atoms with van der Waals surface area (Å²) in [5, 5.41) is 14.5. The fourth-order valence-corrected chi connectivity index (χ4v) is 2.51. The summed E-state index contributed by atoms with van der Waals surface area (Å²) >= 11 is 0. The van der Waals surface area contributed by atoms with Crippen molar-refractivity contribution in [3.05, 3.63) is 59.7 Å². The van der Waals surface area contributed by atoms with E-state index in [-0.39, 0.29) is 12.2 Å². The van der Waals surface area contributed by atoms with Crippen molar-refractivity contribution in [2.24, 2.45) is 0 Å². The topological polar surface area (TPSA) is 72.7 Å². The number of carbonyl (C=O) groups excluding carboxylic acids is 1. The molecular weight excluding hydrogens is 371 g/mol. The average molecular weight is 389 g/mol. The molecule has 9 heteroatoms. The minimum atomic E-state index is -4.42. The lowest BCUT2D eigenvalue weighted by Crippen LogP contribution is -2.20. The van der Waals surface area contributed by atoms with Gasteiger partial charge >= 0.3 is 6.18 Å². The van der Waals surface area contributed by atoms with Gasteiger partial charge in [0.05, 0.1) is 5.56 Å². The second-order valence-corrected chi connectivity index (χ2v) is 6.54. The number of benzene rings is 2. The van der Waals surface area contributed by atoms with E-state index in [0.29, 0.717) is 11.7 Å². The van der Waals surface area contributed by atoms with Crippen molar-refractivity contribution < 1.29 is 18.0 Å². The van der Waals surface area contributed by atoms with E-state index in [0.717, 1.165) is 22.5 Å². The lowest BCUT2D eigenvalue weighted by Gasteiger charge is -2.08. The maximum atomic E-state index is 12.6. The molecule has 3 rings (SSSR count). The zero-order valence-electron chi connectivity index (χ0n) is 15.2. The van der Waals surface area contributed by atoms with Crippen LogP contribution in [0.2, 0.25) is 0 Å². The van der Waals surface area contributed by atoms with E-state index < -0.39 is 17.6 Å². The first-order valence-electron chi connectivity index (χ1n) is 8.57.